The predicted molar refractivity (Wildman–Crippen MR) is 70.3 cm³/mol. The first-order valence-electron chi connectivity index (χ1n) is 5.42. The summed E-state index contributed by atoms with van der Waals surface area (Å²) in [6.45, 7) is 3.88. The van der Waals surface area contributed by atoms with Gasteiger partial charge in [-0.05, 0) is 19.4 Å². The Kier molecular flexibility index (Phi) is 3.45. The maximum absolute atomic E-state index is 11.5. The third kappa shape index (κ3) is 2.57. The molecule has 0 amide bonds. The zero-order valence-electron chi connectivity index (χ0n) is 10.1. The van der Waals surface area contributed by atoms with Gasteiger partial charge in [-0.2, -0.15) is 5.10 Å². The summed E-state index contributed by atoms with van der Waals surface area (Å²) in [6.07, 6.45) is 0. The van der Waals surface area contributed by atoms with Gasteiger partial charge in [0.1, 0.15) is 4.90 Å². The molecular formula is C12H13ClN2O2S. The van der Waals surface area contributed by atoms with Crippen molar-refractivity contribution in [2.75, 3.05) is 0 Å². The predicted octanol–water partition coefficient (Wildman–Crippen LogP) is 2.48. The average molecular weight is 285 g/mol. The molecule has 1 aromatic carbocycles. The van der Waals surface area contributed by atoms with E-state index in [4.69, 9.17) is 10.7 Å². The second-order valence-electron chi connectivity index (χ2n) is 4.08. The van der Waals surface area contributed by atoms with Crippen molar-refractivity contribution in [3.05, 3.63) is 47.3 Å². The first-order valence-corrected chi connectivity index (χ1v) is 7.73. The molecule has 0 bridgehead atoms. The molecule has 0 saturated carbocycles. The van der Waals surface area contributed by atoms with Crippen molar-refractivity contribution in [1.29, 1.82) is 0 Å². The van der Waals surface area contributed by atoms with Crippen LogP contribution in [0.4, 0.5) is 0 Å². The van der Waals surface area contributed by atoms with Gasteiger partial charge in [-0.15, -0.1) is 0 Å². The number of aryl methyl sites for hydroxylation is 1. The minimum absolute atomic E-state index is 0.111. The first kappa shape index (κ1) is 13.1. The van der Waals surface area contributed by atoms with E-state index in [0.717, 1.165) is 5.56 Å². The Morgan fingerprint density at radius 1 is 1.22 bits per heavy atom. The Morgan fingerprint density at radius 2 is 1.83 bits per heavy atom. The van der Waals surface area contributed by atoms with E-state index in [1.165, 1.54) is 0 Å². The normalized spacial score (nSPS) is 11.7. The van der Waals surface area contributed by atoms with Gasteiger partial charge in [0.25, 0.3) is 9.05 Å². The number of hydrogen-bond donors (Lipinski definition) is 0. The van der Waals surface area contributed by atoms with E-state index in [1.54, 1.807) is 18.5 Å². The fraction of sp³-hybridized carbons (Fsp3) is 0.250. The molecule has 0 fully saturated rings. The van der Waals surface area contributed by atoms with Crippen LogP contribution in [0.2, 0.25) is 0 Å². The van der Waals surface area contributed by atoms with Crippen LogP contribution in [0.15, 0.2) is 35.2 Å². The van der Waals surface area contributed by atoms with Crippen LogP contribution in [0.5, 0.6) is 0 Å². The first-order chi connectivity index (χ1) is 8.39. The molecule has 0 saturated heterocycles. The van der Waals surface area contributed by atoms with E-state index in [1.807, 2.05) is 30.3 Å². The lowest BCUT2D eigenvalue weighted by atomic mass is 10.2. The minimum atomic E-state index is -3.75. The summed E-state index contributed by atoms with van der Waals surface area (Å²) in [7, 11) is 1.66. The molecule has 4 nitrogen and oxygen atoms in total. The lowest BCUT2D eigenvalue weighted by Gasteiger charge is -2.04. The van der Waals surface area contributed by atoms with Crippen LogP contribution >= 0.6 is 10.7 Å². The van der Waals surface area contributed by atoms with Gasteiger partial charge < -0.3 is 0 Å². The van der Waals surface area contributed by atoms with Crippen molar-refractivity contribution >= 4 is 19.7 Å². The summed E-state index contributed by atoms with van der Waals surface area (Å²) < 4.78 is 24.6. The third-order valence-corrected chi connectivity index (χ3v) is 4.28. The summed E-state index contributed by atoms with van der Waals surface area (Å²) in [6, 6.07) is 9.72. The van der Waals surface area contributed by atoms with Crippen LogP contribution in [0, 0.1) is 13.8 Å². The van der Waals surface area contributed by atoms with Crippen LogP contribution in [-0.2, 0) is 15.6 Å². The fourth-order valence-electron chi connectivity index (χ4n) is 1.94. The number of aromatic nitrogens is 2. The van der Waals surface area contributed by atoms with Gasteiger partial charge in [-0.1, -0.05) is 30.3 Å². The number of hydrogen-bond acceptors (Lipinski definition) is 3. The Balaban J connectivity index is 2.43. The monoisotopic (exact) mass is 284 g/mol. The highest BCUT2D eigenvalue weighted by molar-refractivity contribution is 8.13. The lowest BCUT2D eigenvalue weighted by molar-refractivity contribution is 0.607. The molecule has 18 heavy (non-hydrogen) atoms. The highest BCUT2D eigenvalue weighted by Gasteiger charge is 2.22. The van der Waals surface area contributed by atoms with Gasteiger partial charge in [0.2, 0.25) is 0 Å². The molecule has 0 aliphatic carbocycles. The Morgan fingerprint density at radius 3 is 2.33 bits per heavy atom. The third-order valence-electron chi connectivity index (χ3n) is 2.73. The second kappa shape index (κ2) is 4.74. The fourth-order valence-corrected chi connectivity index (χ4v) is 3.47. The lowest BCUT2D eigenvalue weighted by Crippen LogP contribution is -2.04. The molecule has 1 heterocycles. The standard InChI is InChI=1S/C12H13ClN2O2S/c1-9-12(18(13,16)17)10(2)15(14-9)8-11-6-4-3-5-7-11/h3-7H,8H2,1-2H3. The quantitative estimate of drug-likeness (QED) is 0.814. The Hall–Kier alpha value is -1.33. The average Bonchev–Trinajstić information content (AvgIpc) is 2.54. The molecule has 0 atom stereocenters. The van der Waals surface area contributed by atoms with E-state index in [-0.39, 0.29) is 4.90 Å². The van der Waals surface area contributed by atoms with E-state index < -0.39 is 9.05 Å². The van der Waals surface area contributed by atoms with Gasteiger partial charge >= 0.3 is 0 Å². The molecule has 0 spiro atoms. The van der Waals surface area contributed by atoms with Gasteiger partial charge in [0.15, 0.2) is 0 Å². The van der Waals surface area contributed by atoms with Gasteiger partial charge in [-0.25, -0.2) is 8.42 Å². The highest BCUT2D eigenvalue weighted by atomic mass is 35.7. The van der Waals surface area contributed by atoms with E-state index in [2.05, 4.69) is 5.10 Å². The van der Waals surface area contributed by atoms with Crippen molar-refractivity contribution in [2.45, 2.75) is 25.3 Å². The summed E-state index contributed by atoms with van der Waals surface area (Å²) in [5, 5.41) is 4.22. The maximum Gasteiger partial charge on any atom is 0.264 e. The van der Waals surface area contributed by atoms with Crippen molar-refractivity contribution in [3.8, 4) is 0 Å². The topological polar surface area (TPSA) is 52.0 Å². The smallest absolute Gasteiger partial charge is 0.264 e. The van der Waals surface area contributed by atoms with Gasteiger partial charge in [0.05, 0.1) is 17.9 Å². The van der Waals surface area contributed by atoms with Gasteiger partial charge in [-0.3, -0.25) is 4.68 Å². The minimum Gasteiger partial charge on any atom is -0.264 e. The number of benzene rings is 1. The molecule has 2 rings (SSSR count). The molecule has 96 valence electrons. The number of halogens is 1. The van der Waals surface area contributed by atoms with E-state index in [0.29, 0.717) is 17.9 Å². The molecule has 0 radical (unpaired) electrons. The molecule has 0 aliphatic heterocycles. The number of nitrogens with zero attached hydrogens (tertiary/aromatic N) is 2. The summed E-state index contributed by atoms with van der Waals surface area (Å²) >= 11 is 0. The highest BCUT2D eigenvalue weighted by Crippen LogP contribution is 2.23. The van der Waals surface area contributed by atoms with Gasteiger partial charge in [0, 0.05) is 10.7 Å². The molecule has 6 heteroatoms. The molecule has 0 unspecified atom stereocenters. The molecule has 0 aliphatic rings. The van der Waals surface area contributed by atoms with Crippen LogP contribution in [-0.4, -0.2) is 18.2 Å². The summed E-state index contributed by atoms with van der Waals surface area (Å²) in [5.41, 5.74) is 2.05. The van der Waals surface area contributed by atoms with Crippen molar-refractivity contribution in [3.63, 3.8) is 0 Å². The molecule has 2 aromatic rings. The maximum atomic E-state index is 11.5. The summed E-state index contributed by atoms with van der Waals surface area (Å²) in [5.74, 6) is 0. The van der Waals surface area contributed by atoms with Crippen molar-refractivity contribution in [1.82, 2.24) is 9.78 Å². The van der Waals surface area contributed by atoms with Crippen LogP contribution in [0.1, 0.15) is 17.0 Å². The molecular weight excluding hydrogens is 272 g/mol. The Bertz CT molecular complexity index is 663. The second-order valence-corrected chi connectivity index (χ2v) is 6.58. The zero-order valence-corrected chi connectivity index (χ0v) is 11.7. The van der Waals surface area contributed by atoms with Crippen molar-refractivity contribution < 1.29 is 8.42 Å². The Labute approximate surface area is 111 Å². The van der Waals surface area contributed by atoms with Crippen molar-refractivity contribution in [2.24, 2.45) is 0 Å². The zero-order chi connectivity index (χ0) is 13.3. The van der Waals surface area contributed by atoms with Crippen LogP contribution in [0.25, 0.3) is 0 Å². The largest absolute Gasteiger partial charge is 0.264 e. The number of rotatable bonds is 3. The summed E-state index contributed by atoms with van der Waals surface area (Å²) in [4.78, 5) is 0.111. The SMILES string of the molecule is Cc1nn(Cc2ccccc2)c(C)c1S(=O)(=O)Cl. The molecule has 1 aromatic heterocycles. The molecule has 0 N–H and O–H groups in total. The van der Waals surface area contributed by atoms with E-state index in [9.17, 15) is 8.42 Å². The van der Waals surface area contributed by atoms with Crippen LogP contribution in [0.3, 0.4) is 0 Å². The van der Waals surface area contributed by atoms with E-state index >= 15 is 0 Å². The van der Waals surface area contributed by atoms with Crippen LogP contribution < -0.4 is 0 Å².